The van der Waals surface area contributed by atoms with Crippen molar-refractivity contribution >= 4 is 17.9 Å². The van der Waals surface area contributed by atoms with Gasteiger partial charge in [-0.25, -0.2) is 14.8 Å². The predicted octanol–water partition coefficient (Wildman–Crippen LogP) is 2.66. The molecule has 3 rings (SSSR count). The van der Waals surface area contributed by atoms with Crippen LogP contribution in [0.3, 0.4) is 0 Å². The zero-order chi connectivity index (χ0) is 18.0. The summed E-state index contributed by atoms with van der Waals surface area (Å²) < 4.78 is 10.2. The van der Waals surface area contributed by atoms with Gasteiger partial charge in [0.25, 0.3) is 5.91 Å². The molecule has 1 fully saturated rings. The minimum atomic E-state index is -0.512. The Hall–Kier alpha value is -2.90. The predicted molar refractivity (Wildman–Crippen MR) is 89.2 cm³/mol. The standard InChI is InChI=1S/C17H20N4O4/c1-17(2,3)25-16(23)21-8-12(9-21)13-4-6-18-15(19-13)20-14(22)11-5-7-24-10-11/h4-7,10,12H,8-9H2,1-3H3,(H,18,19,20,22). The molecule has 1 aliphatic rings. The van der Waals surface area contributed by atoms with Crippen LogP contribution < -0.4 is 5.32 Å². The van der Waals surface area contributed by atoms with E-state index in [-0.39, 0.29) is 23.9 Å². The molecular formula is C17H20N4O4. The van der Waals surface area contributed by atoms with Gasteiger partial charge in [-0.05, 0) is 32.9 Å². The number of anilines is 1. The van der Waals surface area contributed by atoms with E-state index in [0.29, 0.717) is 18.7 Å². The fraction of sp³-hybridized carbons (Fsp3) is 0.412. The lowest BCUT2D eigenvalue weighted by Crippen LogP contribution is -2.50. The third-order valence-corrected chi connectivity index (χ3v) is 3.64. The molecule has 0 radical (unpaired) electrons. The lowest BCUT2D eigenvalue weighted by molar-refractivity contribution is 0.00788. The van der Waals surface area contributed by atoms with Crippen molar-refractivity contribution in [2.45, 2.75) is 32.3 Å². The van der Waals surface area contributed by atoms with Crippen molar-refractivity contribution in [3.8, 4) is 0 Å². The molecule has 8 heteroatoms. The highest BCUT2D eigenvalue weighted by atomic mass is 16.6. The molecule has 0 unspecified atom stereocenters. The van der Waals surface area contributed by atoms with Gasteiger partial charge in [0.2, 0.25) is 5.95 Å². The van der Waals surface area contributed by atoms with Crippen molar-refractivity contribution in [2.75, 3.05) is 18.4 Å². The maximum Gasteiger partial charge on any atom is 0.410 e. The second-order valence-corrected chi connectivity index (χ2v) is 6.85. The summed E-state index contributed by atoms with van der Waals surface area (Å²) in [7, 11) is 0. The molecule has 1 aliphatic heterocycles. The number of nitrogens with zero attached hydrogens (tertiary/aromatic N) is 3. The molecular weight excluding hydrogens is 324 g/mol. The fourth-order valence-electron chi connectivity index (χ4n) is 2.37. The molecule has 1 N–H and O–H groups in total. The van der Waals surface area contributed by atoms with Gasteiger partial charge in [0.1, 0.15) is 11.9 Å². The van der Waals surface area contributed by atoms with Crippen LogP contribution in [-0.4, -0.2) is 45.6 Å². The number of furan rings is 1. The summed E-state index contributed by atoms with van der Waals surface area (Å²) in [6.07, 6.45) is 4.03. The molecule has 2 aromatic heterocycles. The van der Waals surface area contributed by atoms with E-state index in [1.54, 1.807) is 23.2 Å². The first-order valence-electron chi connectivity index (χ1n) is 7.96. The number of rotatable bonds is 3. The van der Waals surface area contributed by atoms with Gasteiger partial charge in [-0.15, -0.1) is 0 Å². The second kappa shape index (κ2) is 6.54. The number of nitrogens with one attached hydrogen (secondary N) is 1. The number of likely N-dealkylation sites (tertiary alicyclic amines) is 1. The zero-order valence-electron chi connectivity index (χ0n) is 14.4. The van der Waals surface area contributed by atoms with Gasteiger partial charge in [-0.3, -0.25) is 10.1 Å². The monoisotopic (exact) mass is 344 g/mol. The van der Waals surface area contributed by atoms with E-state index in [0.717, 1.165) is 5.69 Å². The first-order chi connectivity index (χ1) is 11.8. The van der Waals surface area contributed by atoms with Gasteiger partial charge < -0.3 is 14.1 Å². The van der Waals surface area contributed by atoms with Crippen molar-refractivity contribution in [3.63, 3.8) is 0 Å². The Balaban J connectivity index is 1.58. The van der Waals surface area contributed by atoms with Crippen LogP contribution in [-0.2, 0) is 4.74 Å². The maximum atomic E-state index is 12.0. The van der Waals surface area contributed by atoms with E-state index in [9.17, 15) is 9.59 Å². The molecule has 2 amide bonds. The van der Waals surface area contributed by atoms with E-state index in [4.69, 9.17) is 9.15 Å². The quantitative estimate of drug-likeness (QED) is 0.919. The largest absolute Gasteiger partial charge is 0.472 e. The van der Waals surface area contributed by atoms with E-state index in [2.05, 4.69) is 15.3 Å². The molecule has 0 atom stereocenters. The number of hydrogen-bond acceptors (Lipinski definition) is 6. The molecule has 8 nitrogen and oxygen atoms in total. The van der Waals surface area contributed by atoms with Gasteiger partial charge in [-0.1, -0.05) is 0 Å². The summed E-state index contributed by atoms with van der Waals surface area (Å²) in [4.78, 5) is 34.0. The summed E-state index contributed by atoms with van der Waals surface area (Å²) in [6.45, 7) is 6.56. The highest BCUT2D eigenvalue weighted by Crippen LogP contribution is 2.27. The Morgan fingerprint density at radius 2 is 2.08 bits per heavy atom. The topological polar surface area (TPSA) is 97.6 Å². The molecule has 0 aliphatic carbocycles. The minimum absolute atomic E-state index is 0.0973. The first kappa shape index (κ1) is 16.9. The molecule has 2 aromatic rings. The number of ether oxygens (including phenoxy) is 1. The van der Waals surface area contributed by atoms with Crippen molar-refractivity contribution in [2.24, 2.45) is 0 Å². The number of aromatic nitrogens is 2. The van der Waals surface area contributed by atoms with E-state index < -0.39 is 5.60 Å². The van der Waals surface area contributed by atoms with Crippen molar-refractivity contribution in [1.29, 1.82) is 0 Å². The second-order valence-electron chi connectivity index (χ2n) is 6.85. The molecule has 1 saturated heterocycles. The zero-order valence-corrected chi connectivity index (χ0v) is 14.4. The number of carbonyl (C=O) groups is 2. The van der Waals surface area contributed by atoms with Gasteiger partial charge in [0.05, 0.1) is 17.5 Å². The number of hydrogen-bond donors (Lipinski definition) is 1. The van der Waals surface area contributed by atoms with E-state index in [1.807, 2.05) is 20.8 Å². The lowest BCUT2D eigenvalue weighted by Gasteiger charge is -2.39. The average molecular weight is 344 g/mol. The Bertz CT molecular complexity index is 761. The number of carbonyl (C=O) groups excluding carboxylic acids is 2. The van der Waals surface area contributed by atoms with Crippen molar-refractivity contribution in [1.82, 2.24) is 14.9 Å². The third kappa shape index (κ3) is 4.14. The van der Waals surface area contributed by atoms with Crippen molar-refractivity contribution in [3.05, 3.63) is 42.1 Å². The van der Waals surface area contributed by atoms with Gasteiger partial charge >= 0.3 is 6.09 Å². The molecule has 0 spiro atoms. The van der Waals surface area contributed by atoms with Crippen LogP contribution in [0.4, 0.5) is 10.7 Å². The molecule has 3 heterocycles. The molecule has 0 saturated carbocycles. The van der Waals surface area contributed by atoms with Crippen LogP contribution in [0.2, 0.25) is 0 Å². The van der Waals surface area contributed by atoms with Crippen LogP contribution in [0, 0.1) is 0 Å². The van der Waals surface area contributed by atoms with Crippen LogP contribution in [0.5, 0.6) is 0 Å². The summed E-state index contributed by atoms with van der Waals surface area (Å²) in [5.41, 5.74) is 0.660. The molecule has 25 heavy (non-hydrogen) atoms. The third-order valence-electron chi connectivity index (χ3n) is 3.64. The minimum Gasteiger partial charge on any atom is -0.472 e. The Labute approximate surface area is 145 Å². The van der Waals surface area contributed by atoms with E-state index in [1.165, 1.54) is 12.5 Å². The van der Waals surface area contributed by atoms with Crippen molar-refractivity contribution < 1.29 is 18.7 Å². The van der Waals surface area contributed by atoms with Crippen LogP contribution in [0.1, 0.15) is 42.7 Å². The molecule has 0 aromatic carbocycles. The van der Waals surface area contributed by atoms with Gasteiger partial charge in [-0.2, -0.15) is 0 Å². The SMILES string of the molecule is CC(C)(C)OC(=O)N1CC(c2ccnc(NC(=O)c3ccoc3)n2)C1. The Kier molecular flexibility index (Phi) is 4.43. The highest BCUT2D eigenvalue weighted by molar-refractivity contribution is 6.02. The highest BCUT2D eigenvalue weighted by Gasteiger charge is 2.35. The average Bonchev–Trinajstić information content (AvgIpc) is 2.98. The van der Waals surface area contributed by atoms with Gasteiger partial charge in [0, 0.05) is 25.2 Å². The Morgan fingerprint density at radius 1 is 1.32 bits per heavy atom. The van der Waals surface area contributed by atoms with Crippen LogP contribution in [0.15, 0.2) is 35.3 Å². The molecule has 132 valence electrons. The first-order valence-corrected chi connectivity index (χ1v) is 7.96. The fourth-order valence-corrected chi connectivity index (χ4v) is 2.37. The maximum absolute atomic E-state index is 12.0. The lowest BCUT2D eigenvalue weighted by atomic mass is 9.97. The van der Waals surface area contributed by atoms with E-state index >= 15 is 0 Å². The summed E-state index contributed by atoms with van der Waals surface area (Å²) >= 11 is 0. The summed E-state index contributed by atoms with van der Waals surface area (Å²) in [5, 5.41) is 2.63. The van der Waals surface area contributed by atoms with Crippen LogP contribution in [0.25, 0.3) is 0 Å². The Morgan fingerprint density at radius 3 is 2.72 bits per heavy atom. The smallest absolute Gasteiger partial charge is 0.410 e. The van der Waals surface area contributed by atoms with Crippen LogP contribution >= 0.6 is 0 Å². The normalized spacial score (nSPS) is 14.8. The van der Waals surface area contributed by atoms with Gasteiger partial charge in [0.15, 0.2) is 0 Å². The summed E-state index contributed by atoms with van der Waals surface area (Å²) in [6, 6.07) is 3.34. The number of amides is 2. The summed E-state index contributed by atoms with van der Waals surface area (Å²) in [5.74, 6) is -0.0191. The molecule has 0 bridgehead atoms.